The smallest absolute Gasteiger partial charge is 0.307 e. The summed E-state index contributed by atoms with van der Waals surface area (Å²) >= 11 is 0. The molecule has 0 amide bonds. The van der Waals surface area contributed by atoms with Crippen LogP contribution in [0.1, 0.15) is 39.7 Å². The van der Waals surface area contributed by atoms with E-state index in [1.807, 2.05) is 36.1 Å². The summed E-state index contributed by atoms with van der Waals surface area (Å²) in [5.41, 5.74) is 0.993. The van der Waals surface area contributed by atoms with Crippen molar-refractivity contribution in [2.45, 2.75) is 50.5 Å². The number of carbonyl (C=O) groups is 1. The van der Waals surface area contributed by atoms with Gasteiger partial charge in [0, 0.05) is 18.0 Å². The lowest BCUT2D eigenvalue weighted by atomic mass is 9.79. The molecule has 146 valence electrons. The van der Waals surface area contributed by atoms with Gasteiger partial charge in [0.2, 0.25) is 0 Å². The normalized spacial score (nSPS) is 18.6. The molecule has 1 aliphatic heterocycles. The molecule has 1 N–H and O–H groups in total. The van der Waals surface area contributed by atoms with Crippen LogP contribution in [0.25, 0.3) is 10.8 Å². The highest BCUT2D eigenvalue weighted by atomic mass is 32.2. The third-order valence-electron chi connectivity index (χ3n) is 5.57. The maximum absolute atomic E-state index is 12.2. The largest absolute Gasteiger partial charge is 0.466 e. The number of hydrogen-bond donors (Lipinski definition) is 1. The van der Waals surface area contributed by atoms with E-state index in [1.54, 1.807) is 6.92 Å². The molecule has 7 heteroatoms. The van der Waals surface area contributed by atoms with Gasteiger partial charge in [-0.25, -0.2) is 0 Å². The van der Waals surface area contributed by atoms with Crippen molar-refractivity contribution in [2.75, 3.05) is 18.1 Å². The molecule has 1 heterocycles. The highest BCUT2D eigenvalue weighted by molar-refractivity contribution is 7.86. The van der Waals surface area contributed by atoms with Crippen molar-refractivity contribution in [3.63, 3.8) is 0 Å². The Morgan fingerprint density at radius 3 is 2.59 bits per heavy atom. The highest BCUT2D eigenvalue weighted by Gasteiger charge is 2.45. The molecule has 3 rings (SSSR count). The van der Waals surface area contributed by atoms with Gasteiger partial charge in [-0.15, -0.1) is 0 Å². The molecule has 0 saturated carbocycles. The van der Waals surface area contributed by atoms with Gasteiger partial charge in [0.05, 0.1) is 18.7 Å². The van der Waals surface area contributed by atoms with Gasteiger partial charge in [0.25, 0.3) is 10.1 Å². The molecule has 0 bridgehead atoms. The second-order valence-electron chi connectivity index (χ2n) is 7.44. The minimum atomic E-state index is -4.43. The van der Waals surface area contributed by atoms with Gasteiger partial charge < -0.3 is 9.64 Å². The van der Waals surface area contributed by atoms with Gasteiger partial charge in [-0.05, 0) is 36.2 Å². The van der Waals surface area contributed by atoms with Crippen LogP contribution in [0.4, 0.5) is 5.69 Å². The number of carbonyl (C=O) groups excluding carboxylic acids is 1. The third-order valence-corrected chi connectivity index (χ3v) is 6.44. The van der Waals surface area contributed by atoms with Crippen molar-refractivity contribution < 1.29 is 22.5 Å². The fourth-order valence-corrected chi connectivity index (χ4v) is 4.73. The molecule has 1 unspecified atom stereocenters. The molecular weight excluding hydrogens is 366 g/mol. The van der Waals surface area contributed by atoms with Crippen LogP contribution in [0, 0.1) is 0 Å². The lowest BCUT2D eigenvalue weighted by Crippen LogP contribution is -2.40. The average molecular weight is 391 g/mol. The van der Waals surface area contributed by atoms with E-state index in [2.05, 4.69) is 13.8 Å². The molecule has 1 atom stereocenters. The van der Waals surface area contributed by atoms with Crippen molar-refractivity contribution in [3.8, 4) is 0 Å². The fraction of sp³-hybridized carbons (Fsp3) is 0.450. The first-order valence-corrected chi connectivity index (χ1v) is 10.5. The van der Waals surface area contributed by atoms with Crippen molar-refractivity contribution >= 4 is 32.5 Å². The number of rotatable bonds is 5. The van der Waals surface area contributed by atoms with E-state index in [4.69, 9.17) is 4.74 Å². The van der Waals surface area contributed by atoms with E-state index in [1.165, 1.54) is 6.07 Å². The zero-order chi connectivity index (χ0) is 20.0. The molecule has 0 spiro atoms. The van der Waals surface area contributed by atoms with Gasteiger partial charge in [-0.1, -0.05) is 38.1 Å². The minimum Gasteiger partial charge on any atom is -0.466 e. The van der Waals surface area contributed by atoms with Crippen LogP contribution in [0.2, 0.25) is 0 Å². The standard InChI is InChI=1S/C20H25NO5S/c1-5-26-17(22)10-11-21-13(2)20(3,4)18-15-9-7-6-8-14(15)12-16(19(18)21)27(23,24)25/h6-9,12-13H,5,10-11H2,1-4H3,(H,23,24,25). The number of fused-ring (bicyclic) bond motifs is 3. The van der Waals surface area contributed by atoms with Crippen LogP contribution in [0.5, 0.6) is 0 Å². The first-order chi connectivity index (χ1) is 12.6. The average Bonchev–Trinajstić information content (AvgIpc) is 2.79. The van der Waals surface area contributed by atoms with Crippen LogP contribution in [-0.4, -0.2) is 38.1 Å². The van der Waals surface area contributed by atoms with Gasteiger partial charge in [-0.3, -0.25) is 9.35 Å². The Morgan fingerprint density at radius 2 is 1.96 bits per heavy atom. The van der Waals surface area contributed by atoms with Gasteiger partial charge in [0.1, 0.15) is 4.90 Å². The SMILES string of the molecule is CCOC(=O)CCN1c2c(S(=O)(=O)O)cc3ccccc3c2C(C)(C)C1C. The molecular formula is C20H25NO5S. The Morgan fingerprint density at radius 1 is 1.30 bits per heavy atom. The van der Waals surface area contributed by atoms with E-state index in [-0.39, 0.29) is 28.7 Å². The molecule has 6 nitrogen and oxygen atoms in total. The minimum absolute atomic E-state index is 0.0618. The summed E-state index contributed by atoms with van der Waals surface area (Å²) in [6.45, 7) is 8.49. The van der Waals surface area contributed by atoms with Crippen LogP contribution in [0.3, 0.4) is 0 Å². The van der Waals surface area contributed by atoms with Crippen LogP contribution in [-0.2, 0) is 25.1 Å². The quantitative estimate of drug-likeness (QED) is 0.620. The summed E-state index contributed by atoms with van der Waals surface area (Å²) in [7, 11) is -4.43. The van der Waals surface area contributed by atoms with E-state index < -0.39 is 10.1 Å². The Labute approximate surface area is 159 Å². The van der Waals surface area contributed by atoms with Gasteiger partial charge in [0.15, 0.2) is 0 Å². The molecule has 0 radical (unpaired) electrons. The maximum atomic E-state index is 12.2. The van der Waals surface area contributed by atoms with Crippen LogP contribution in [0.15, 0.2) is 35.2 Å². The fourth-order valence-electron chi connectivity index (χ4n) is 3.99. The van der Waals surface area contributed by atoms with E-state index in [9.17, 15) is 17.8 Å². The number of hydrogen-bond acceptors (Lipinski definition) is 5. The summed E-state index contributed by atoms with van der Waals surface area (Å²) in [6.07, 6.45) is 0.144. The molecule has 2 aromatic rings. The number of anilines is 1. The van der Waals surface area contributed by atoms with Crippen molar-refractivity contribution in [1.29, 1.82) is 0 Å². The molecule has 0 saturated heterocycles. The van der Waals surface area contributed by atoms with E-state index in [0.29, 0.717) is 18.8 Å². The van der Waals surface area contributed by atoms with Crippen LogP contribution < -0.4 is 4.90 Å². The molecule has 0 aromatic heterocycles. The Bertz CT molecular complexity index is 997. The molecule has 0 aliphatic carbocycles. The monoisotopic (exact) mass is 391 g/mol. The van der Waals surface area contributed by atoms with Gasteiger partial charge in [-0.2, -0.15) is 8.42 Å². The zero-order valence-electron chi connectivity index (χ0n) is 16.0. The number of esters is 1. The topological polar surface area (TPSA) is 83.9 Å². The van der Waals surface area contributed by atoms with E-state index >= 15 is 0 Å². The summed E-state index contributed by atoms with van der Waals surface area (Å²) in [6, 6.07) is 9.00. The van der Waals surface area contributed by atoms with E-state index in [0.717, 1.165) is 16.3 Å². The van der Waals surface area contributed by atoms with Gasteiger partial charge >= 0.3 is 5.97 Å². The Balaban J connectivity index is 2.24. The number of benzene rings is 2. The molecule has 1 aliphatic rings. The molecule has 27 heavy (non-hydrogen) atoms. The van der Waals surface area contributed by atoms with Crippen molar-refractivity contribution in [2.24, 2.45) is 0 Å². The summed E-state index contributed by atoms with van der Waals surface area (Å²) in [5.74, 6) is -0.329. The Kier molecular flexibility index (Phi) is 4.94. The second-order valence-corrected chi connectivity index (χ2v) is 8.83. The third kappa shape index (κ3) is 3.30. The predicted molar refractivity (Wildman–Crippen MR) is 105 cm³/mol. The first-order valence-electron chi connectivity index (χ1n) is 9.05. The van der Waals surface area contributed by atoms with Crippen molar-refractivity contribution in [3.05, 3.63) is 35.9 Å². The van der Waals surface area contributed by atoms with Crippen molar-refractivity contribution in [1.82, 2.24) is 0 Å². The maximum Gasteiger partial charge on any atom is 0.307 e. The number of ether oxygens (including phenoxy) is 1. The lowest BCUT2D eigenvalue weighted by Gasteiger charge is -2.31. The second kappa shape index (κ2) is 6.80. The summed E-state index contributed by atoms with van der Waals surface area (Å²) < 4.78 is 39.3. The lowest BCUT2D eigenvalue weighted by molar-refractivity contribution is -0.142. The zero-order valence-corrected chi connectivity index (χ0v) is 16.8. The predicted octanol–water partition coefficient (Wildman–Crippen LogP) is 3.53. The first kappa shape index (κ1) is 19.6. The summed E-state index contributed by atoms with van der Waals surface area (Å²) in [5, 5.41) is 1.71. The van der Waals surface area contributed by atoms with Crippen LogP contribution >= 0.6 is 0 Å². The Hall–Kier alpha value is -2.12. The molecule has 2 aromatic carbocycles. The summed E-state index contributed by atoms with van der Waals surface area (Å²) in [4.78, 5) is 13.6. The highest BCUT2D eigenvalue weighted by Crippen LogP contribution is 2.51. The number of nitrogens with zero attached hydrogens (tertiary/aromatic N) is 1. The molecule has 0 fully saturated rings.